The van der Waals surface area contributed by atoms with Gasteiger partial charge < -0.3 is 14.6 Å². The normalized spacial score (nSPS) is 14.4. The number of hydrogen-bond acceptors (Lipinski definition) is 6. The summed E-state index contributed by atoms with van der Waals surface area (Å²) in [5, 5.41) is 3.30. The van der Waals surface area contributed by atoms with Crippen molar-refractivity contribution in [3.8, 4) is 17.5 Å². The molecule has 9 heteroatoms. The summed E-state index contributed by atoms with van der Waals surface area (Å²) in [6.45, 7) is 5.26. The van der Waals surface area contributed by atoms with Gasteiger partial charge in [-0.2, -0.15) is 4.98 Å². The maximum Gasteiger partial charge on any atom is 0.337 e. The van der Waals surface area contributed by atoms with E-state index in [2.05, 4.69) is 22.1 Å². The van der Waals surface area contributed by atoms with Crippen LogP contribution in [0.3, 0.4) is 0 Å². The first-order valence-corrected chi connectivity index (χ1v) is 8.73. The summed E-state index contributed by atoms with van der Waals surface area (Å²) in [4.78, 5) is 32.6. The zero-order valence-corrected chi connectivity index (χ0v) is 15.2. The van der Waals surface area contributed by atoms with Crippen LogP contribution in [0.1, 0.15) is 6.92 Å². The van der Waals surface area contributed by atoms with E-state index >= 15 is 0 Å². The molecule has 1 fully saturated rings. The molecule has 0 saturated carbocycles. The highest BCUT2D eigenvalue weighted by Crippen LogP contribution is 2.22. The van der Waals surface area contributed by atoms with Crippen molar-refractivity contribution in [3.05, 3.63) is 39.4 Å². The molecule has 1 aliphatic heterocycles. The number of imidazole rings is 1. The van der Waals surface area contributed by atoms with Crippen molar-refractivity contribution >= 4 is 17.1 Å². The van der Waals surface area contributed by atoms with Crippen LogP contribution in [-0.2, 0) is 13.6 Å². The summed E-state index contributed by atoms with van der Waals surface area (Å²) in [6, 6.07) is 1.67. The molecule has 0 atom stereocenters. The van der Waals surface area contributed by atoms with Crippen LogP contribution in [0.25, 0.3) is 16.9 Å². The van der Waals surface area contributed by atoms with Crippen LogP contribution in [0.15, 0.2) is 32.6 Å². The number of nitrogens with zero attached hydrogens (tertiary/aromatic N) is 5. The van der Waals surface area contributed by atoms with E-state index in [1.54, 1.807) is 17.6 Å². The van der Waals surface area contributed by atoms with Crippen LogP contribution in [0.2, 0.25) is 0 Å². The van der Waals surface area contributed by atoms with Crippen LogP contribution in [0.4, 0.5) is 5.95 Å². The van der Waals surface area contributed by atoms with Crippen molar-refractivity contribution in [2.75, 3.05) is 31.1 Å². The van der Waals surface area contributed by atoms with Gasteiger partial charge in [0.1, 0.15) is 6.26 Å². The van der Waals surface area contributed by atoms with Gasteiger partial charge in [-0.25, -0.2) is 9.36 Å². The SMILES string of the molecule is CC#CCn1c(N2CCNCC2)nc2c1c(=O)n(C)c(=O)n2-c1ccoc1. The molecule has 0 aromatic carbocycles. The lowest BCUT2D eigenvalue weighted by Crippen LogP contribution is -2.44. The Kier molecular flexibility index (Phi) is 4.33. The predicted octanol–water partition coefficient (Wildman–Crippen LogP) is -0.0882. The molecule has 0 bridgehead atoms. The predicted molar refractivity (Wildman–Crippen MR) is 101 cm³/mol. The average Bonchev–Trinajstić information content (AvgIpc) is 3.34. The highest BCUT2D eigenvalue weighted by atomic mass is 16.3. The second-order valence-corrected chi connectivity index (χ2v) is 6.30. The first-order chi connectivity index (χ1) is 13.1. The van der Waals surface area contributed by atoms with Crippen molar-refractivity contribution in [2.24, 2.45) is 7.05 Å². The molecule has 27 heavy (non-hydrogen) atoms. The minimum Gasteiger partial charge on any atom is -0.470 e. The Hall–Kier alpha value is -3.25. The fourth-order valence-corrected chi connectivity index (χ4v) is 3.31. The summed E-state index contributed by atoms with van der Waals surface area (Å²) >= 11 is 0. The third kappa shape index (κ3) is 2.74. The van der Waals surface area contributed by atoms with Gasteiger partial charge in [0, 0.05) is 39.3 Å². The Labute approximate surface area is 154 Å². The van der Waals surface area contributed by atoms with Gasteiger partial charge in [0.15, 0.2) is 11.2 Å². The first-order valence-electron chi connectivity index (χ1n) is 8.73. The quantitative estimate of drug-likeness (QED) is 0.650. The fraction of sp³-hybridized carbons (Fsp3) is 0.389. The lowest BCUT2D eigenvalue weighted by molar-refractivity contribution is 0.565. The molecule has 1 aliphatic rings. The van der Waals surface area contributed by atoms with E-state index in [1.165, 1.54) is 24.1 Å². The lowest BCUT2D eigenvalue weighted by Gasteiger charge is -2.28. The molecule has 3 aromatic rings. The van der Waals surface area contributed by atoms with Gasteiger partial charge in [0.2, 0.25) is 5.95 Å². The number of piperazine rings is 1. The number of hydrogen-bond donors (Lipinski definition) is 1. The lowest BCUT2D eigenvalue weighted by atomic mass is 10.4. The zero-order chi connectivity index (χ0) is 19.0. The van der Waals surface area contributed by atoms with E-state index in [9.17, 15) is 9.59 Å². The van der Waals surface area contributed by atoms with Crippen molar-refractivity contribution in [2.45, 2.75) is 13.5 Å². The third-order valence-corrected chi connectivity index (χ3v) is 4.70. The third-order valence-electron chi connectivity index (χ3n) is 4.70. The highest BCUT2D eigenvalue weighted by molar-refractivity contribution is 5.76. The van der Waals surface area contributed by atoms with E-state index in [-0.39, 0.29) is 5.56 Å². The molecule has 4 heterocycles. The number of rotatable bonds is 3. The van der Waals surface area contributed by atoms with Crippen LogP contribution < -0.4 is 21.5 Å². The van der Waals surface area contributed by atoms with Crippen LogP contribution in [0, 0.1) is 11.8 Å². The summed E-state index contributed by atoms with van der Waals surface area (Å²) in [5.74, 6) is 6.53. The monoisotopic (exact) mass is 368 g/mol. The molecular weight excluding hydrogens is 348 g/mol. The minimum absolute atomic E-state index is 0.316. The van der Waals surface area contributed by atoms with Gasteiger partial charge in [-0.3, -0.25) is 13.9 Å². The Bertz CT molecular complexity index is 1150. The summed E-state index contributed by atoms with van der Waals surface area (Å²) in [6.07, 6.45) is 2.94. The Morgan fingerprint density at radius 3 is 2.74 bits per heavy atom. The average molecular weight is 368 g/mol. The number of furan rings is 1. The summed E-state index contributed by atoms with van der Waals surface area (Å²) in [7, 11) is 1.47. The van der Waals surface area contributed by atoms with E-state index in [4.69, 9.17) is 9.40 Å². The molecular formula is C18H20N6O3. The summed E-state index contributed by atoms with van der Waals surface area (Å²) in [5.41, 5.74) is 0.345. The van der Waals surface area contributed by atoms with Crippen molar-refractivity contribution < 1.29 is 4.42 Å². The van der Waals surface area contributed by atoms with Gasteiger partial charge in [-0.15, -0.1) is 5.92 Å². The van der Waals surface area contributed by atoms with E-state index in [1.807, 2.05) is 0 Å². The highest BCUT2D eigenvalue weighted by Gasteiger charge is 2.25. The van der Waals surface area contributed by atoms with E-state index < -0.39 is 5.69 Å². The van der Waals surface area contributed by atoms with Gasteiger partial charge in [0.25, 0.3) is 5.56 Å². The first kappa shape index (κ1) is 17.2. The number of anilines is 1. The second kappa shape index (κ2) is 6.81. The van der Waals surface area contributed by atoms with Crippen molar-refractivity contribution in [3.63, 3.8) is 0 Å². The molecule has 0 radical (unpaired) electrons. The van der Waals surface area contributed by atoms with Crippen LogP contribution in [-0.4, -0.2) is 44.9 Å². The fourth-order valence-electron chi connectivity index (χ4n) is 3.31. The second-order valence-electron chi connectivity index (χ2n) is 6.30. The smallest absolute Gasteiger partial charge is 0.337 e. The molecule has 4 rings (SSSR count). The van der Waals surface area contributed by atoms with Crippen molar-refractivity contribution in [1.82, 2.24) is 24.0 Å². The zero-order valence-electron chi connectivity index (χ0n) is 15.2. The van der Waals surface area contributed by atoms with E-state index in [0.29, 0.717) is 29.3 Å². The number of aromatic nitrogens is 4. The van der Waals surface area contributed by atoms with Gasteiger partial charge in [-0.05, 0) is 6.92 Å². The molecule has 1 N–H and O–H groups in total. The number of nitrogens with one attached hydrogen (secondary N) is 1. The van der Waals surface area contributed by atoms with E-state index in [0.717, 1.165) is 30.7 Å². The minimum atomic E-state index is -0.466. The Morgan fingerprint density at radius 2 is 2.07 bits per heavy atom. The maximum atomic E-state index is 12.9. The number of fused-ring (bicyclic) bond motifs is 1. The molecule has 9 nitrogen and oxygen atoms in total. The molecule has 0 aliphatic carbocycles. The largest absolute Gasteiger partial charge is 0.470 e. The van der Waals surface area contributed by atoms with Crippen LogP contribution in [0.5, 0.6) is 0 Å². The Balaban J connectivity index is 2.08. The molecule has 1 saturated heterocycles. The standard InChI is InChI=1S/C18H20N6O3/c1-3-4-8-23-14-15(20-17(23)22-9-6-19-7-10-22)24(13-5-11-27-12-13)18(26)21(2)16(14)25/h5,11-12,19H,6-10H2,1-2H3. The van der Waals surface area contributed by atoms with Gasteiger partial charge >= 0.3 is 5.69 Å². The molecule has 140 valence electrons. The maximum absolute atomic E-state index is 12.9. The van der Waals surface area contributed by atoms with Crippen molar-refractivity contribution in [1.29, 1.82) is 0 Å². The Morgan fingerprint density at radius 1 is 1.30 bits per heavy atom. The van der Waals surface area contributed by atoms with Gasteiger partial charge in [0.05, 0.1) is 18.5 Å². The molecule has 3 aromatic heterocycles. The van der Waals surface area contributed by atoms with Crippen LogP contribution >= 0.6 is 0 Å². The van der Waals surface area contributed by atoms with Gasteiger partial charge in [-0.1, -0.05) is 5.92 Å². The molecule has 0 amide bonds. The topological polar surface area (TPSA) is 90.2 Å². The summed E-state index contributed by atoms with van der Waals surface area (Å²) < 4.78 is 9.44. The molecule has 0 unspecified atom stereocenters. The molecule has 0 spiro atoms.